The molecule has 3 aromatic heterocycles. The summed E-state index contributed by atoms with van der Waals surface area (Å²) in [6.45, 7) is 4.61. The van der Waals surface area contributed by atoms with Crippen LogP contribution in [0.2, 0.25) is 0 Å². The average molecular weight is 493 g/mol. The van der Waals surface area contributed by atoms with E-state index in [1.54, 1.807) is 36.5 Å². The van der Waals surface area contributed by atoms with E-state index in [2.05, 4.69) is 31.1 Å². The van der Waals surface area contributed by atoms with Crippen molar-refractivity contribution in [2.24, 2.45) is 0 Å². The molecule has 3 heterocycles. The molecule has 7 nitrogen and oxygen atoms in total. The Labute approximate surface area is 193 Å². The number of benzene rings is 1. The maximum atomic E-state index is 13.3. The largest absolute Gasteiger partial charge is 0.360 e. The highest BCUT2D eigenvalue weighted by atomic mass is 79.9. The van der Waals surface area contributed by atoms with Crippen molar-refractivity contribution in [1.82, 2.24) is 20.0 Å². The minimum atomic E-state index is -0.255. The number of rotatable bonds is 7. The van der Waals surface area contributed by atoms with Crippen LogP contribution in [-0.4, -0.2) is 38.3 Å². The summed E-state index contributed by atoms with van der Waals surface area (Å²) in [7, 11) is 0. The maximum absolute atomic E-state index is 13.3. The number of ketones is 1. The lowest BCUT2D eigenvalue weighted by molar-refractivity contribution is 0.0747. The summed E-state index contributed by atoms with van der Waals surface area (Å²) >= 11 is 3.41. The van der Waals surface area contributed by atoms with Crippen molar-refractivity contribution in [2.45, 2.75) is 20.4 Å². The lowest BCUT2D eigenvalue weighted by Crippen LogP contribution is -2.30. The van der Waals surface area contributed by atoms with Gasteiger partial charge in [-0.1, -0.05) is 33.2 Å². The number of halogens is 1. The second-order valence-corrected chi connectivity index (χ2v) is 8.19. The van der Waals surface area contributed by atoms with Gasteiger partial charge < -0.3 is 14.4 Å². The Morgan fingerprint density at radius 3 is 2.53 bits per heavy atom. The number of aromatic amines is 1. The minimum absolute atomic E-state index is 0.182. The summed E-state index contributed by atoms with van der Waals surface area (Å²) in [5.74, 6) is -0.0115. The van der Waals surface area contributed by atoms with Gasteiger partial charge in [-0.2, -0.15) is 0 Å². The fraction of sp³-hybridized carbons (Fsp3) is 0.167. The van der Waals surface area contributed by atoms with E-state index in [0.29, 0.717) is 41.4 Å². The molecule has 0 fully saturated rings. The van der Waals surface area contributed by atoms with Gasteiger partial charge in [-0.15, -0.1) is 0 Å². The summed E-state index contributed by atoms with van der Waals surface area (Å²) in [6, 6.07) is 12.8. The summed E-state index contributed by atoms with van der Waals surface area (Å²) in [4.78, 5) is 35.0. The second-order valence-electron chi connectivity index (χ2n) is 7.28. The van der Waals surface area contributed by atoms with Crippen molar-refractivity contribution < 1.29 is 14.1 Å². The van der Waals surface area contributed by atoms with E-state index in [-0.39, 0.29) is 11.7 Å². The van der Waals surface area contributed by atoms with E-state index in [1.807, 2.05) is 43.3 Å². The van der Waals surface area contributed by atoms with Gasteiger partial charge in [-0.05, 0) is 49.7 Å². The van der Waals surface area contributed by atoms with Gasteiger partial charge in [-0.25, -0.2) is 0 Å². The molecule has 1 N–H and O–H groups in total. The molecule has 0 radical (unpaired) electrons. The Morgan fingerprint density at radius 1 is 1.12 bits per heavy atom. The molecule has 1 aromatic carbocycles. The fourth-order valence-corrected chi connectivity index (χ4v) is 3.71. The molecule has 1 amide bonds. The third kappa shape index (κ3) is 4.40. The molecule has 8 heteroatoms. The van der Waals surface area contributed by atoms with Crippen LogP contribution >= 0.6 is 15.9 Å². The molecule has 0 aliphatic rings. The molecule has 32 heavy (non-hydrogen) atoms. The Hall–Kier alpha value is -3.52. The van der Waals surface area contributed by atoms with Gasteiger partial charge in [0.1, 0.15) is 17.1 Å². The Balaban J connectivity index is 1.59. The lowest BCUT2D eigenvalue weighted by Gasteiger charge is -2.20. The third-order valence-corrected chi connectivity index (χ3v) is 5.70. The molecule has 0 aliphatic heterocycles. The van der Waals surface area contributed by atoms with Crippen molar-refractivity contribution in [3.63, 3.8) is 0 Å². The van der Waals surface area contributed by atoms with Gasteiger partial charge in [0, 0.05) is 47.3 Å². The minimum Gasteiger partial charge on any atom is -0.360 e. The molecule has 0 unspecified atom stereocenters. The van der Waals surface area contributed by atoms with Crippen molar-refractivity contribution in [3.05, 3.63) is 93.7 Å². The van der Waals surface area contributed by atoms with Crippen LogP contribution in [0.3, 0.4) is 0 Å². The van der Waals surface area contributed by atoms with E-state index < -0.39 is 0 Å². The van der Waals surface area contributed by atoms with Crippen molar-refractivity contribution in [1.29, 1.82) is 0 Å². The number of carbonyl (C=O) groups is 2. The molecule has 0 bridgehead atoms. The number of carbonyl (C=O) groups excluding carboxylic acids is 2. The van der Waals surface area contributed by atoms with Crippen molar-refractivity contribution >= 4 is 27.6 Å². The summed E-state index contributed by atoms with van der Waals surface area (Å²) < 4.78 is 6.25. The molecule has 162 valence electrons. The van der Waals surface area contributed by atoms with E-state index in [0.717, 1.165) is 15.6 Å². The van der Waals surface area contributed by atoms with Crippen LogP contribution in [-0.2, 0) is 6.54 Å². The average Bonchev–Trinajstić information content (AvgIpc) is 3.45. The summed E-state index contributed by atoms with van der Waals surface area (Å²) in [5.41, 5.74) is 3.34. The molecule has 4 aromatic rings. The predicted molar refractivity (Wildman–Crippen MR) is 123 cm³/mol. The molecule has 0 aliphatic carbocycles. The van der Waals surface area contributed by atoms with Gasteiger partial charge in [0.15, 0.2) is 5.78 Å². The van der Waals surface area contributed by atoms with Crippen LogP contribution in [0.25, 0.3) is 11.3 Å². The highest BCUT2D eigenvalue weighted by Crippen LogP contribution is 2.29. The van der Waals surface area contributed by atoms with Gasteiger partial charge in [0.05, 0.1) is 5.56 Å². The number of H-pyrrole nitrogens is 1. The first kappa shape index (κ1) is 21.7. The molecule has 0 atom stereocenters. The highest BCUT2D eigenvalue weighted by molar-refractivity contribution is 9.10. The summed E-state index contributed by atoms with van der Waals surface area (Å²) in [6.07, 6.45) is 4.94. The lowest BCUT2D eigenvalue weighted by atomic mass is 9.99. The predicted octanol–water partition coefficient (Wildman–Crippen LogP) is 5.03. The molecule has 0 saturated heterocycles. The van der Waals surface area contributed by atoms with E-state index in [1.165, 1.54) is 0 Å². The number of hydrogen-bond donors (Lipinski definition) is 1. The first-order chi connectivity index (χ1) is 15.5. The van der Waals surface area contributed by atoms with Crippen LogP contribution in [0.15, 0.2) is 70.1 Å². The maximum Gasteiger partial charge on any atom is 0.270 e. The normalized spacial score (nSPS) is 10.8. The van der Waals surface area contributed by atoms with Crippen LogP contribution in [0.5, 0.6) is 0 Å². The zero-order valence-electron chi connectivity index (χ0n) is 17.6. The number of nitrogens with zero attached hydrogens (tertiary/aromatic N) is 3. The number of aryl methyl sites for hydroxylation is 1. The van der Waals surface area contributed by atoms with Gasteiger partial charge >= 0.3 is 0 Å². The first-order valence-corrected chi connectivity index (χ1v) is 10.9. The Bertz CT molecular complexity index is 1250. The SMILES string of the molecule is CCN(Cc1ccncc1)C(=O)c1cc(C(=O)c2c(-c3ccc(Br)cc3)noc2C)c[nH]1. The zero-order chi connectivity index (χ0) is 22.7. The van der Waals surface area contributed by atoms with E-state index >= 15 is 0 Å². The molecular formula is C24H21BrN4O3. The van der Waals surface area contributed by atoms with Crippen molar-refractivity contribution in [3.8, 4) is 11.3 Å². The molecule has 4 rings (SSSR count). The Morgan fingerprint density at radius 2 is 1.84 bits per heavy atom. The monoisotopic (exact) mass is 492 g/mol. The highest BCUT2D eigenvalue weighted by Gasteiger charge is 2.25. The number of hydrogen-bond acceptors (Lipinski definition) is 5. The quantitative estimate of drug-likeness (QED) is 0.365. The second kappa shape index (κ2) is 9.32. The number of nitrogens with one attached hydrogen (secondary N) is 1. The van der Waals surface area contributed by atoms with E-state index in [4.69, 9.17) is 4.52 Å². The molecule has 0 saturated carbocycles. The van der Waals surface area contributed by atoms with Crippen LogP contribution in [0, 0.1) is 6.92 Å². The number of aromatic nitrogens is 3. The number of amides is 1. The Kier molecular flexibility index (Phi) is 6.32. The van der Waals surface area contributed by atoms with Crippen LogP contribution in [0.4, 0.5) is 0 Å². The van der Waals surface area contributed by atoms with Crippen LogP contribution < -0.4 is 0 Å². The zero-order valence-corrected chi connectivity index (χ0v) is 19.2. The first-order valence-electron chi connectivity index (χ1n) is 10.1. The summed E-state index contributed by atoms with van der Waals surface area (Å²) in [5, 5.41) is 4.09. The van der Waals surface area contributed by atoms with Crippen molar-refractivity contribution in [2.75, 3.05) is 6.54 Å². The van der Waals surface area contributed by atoms with E-state index in [9.17, 15) is 9.59 Å². The smallest absolute Gasteiger partial charge is 0.270 e. The molecule has 0 spiro atoms. The number of pyridine rings is 1. The van der Waals surface area contributed by atoms with Gasteiger partial charge in [0.2, 0.25) is 0 Å². The van der Waals surface area contributed by atoms with Crippen LogP contribution in [0.1, 0.15) is 44.7 Å². The third-order valence-electron chi connectivity index (χ3n) is 5.17. The fourth-order valence-electron chi connectivity index (χ4n) is 3.44. The van der Waals surface area contributed by atoms with Gasteiger partial charge in [-0.3, -0.25) is 14.6 Å². The molecular weight excluding hydrogens is 472 g/mol. The van der Waals surface area contributed by atoms with Gasteiger partial charge in [0.25, 0.3) is 5.91 Å². The topological polar surface area (TPSA) is 92.1 Å². The standard InChI is InChI=1S/C24H21BrN4O3/c1-3-29(14-16-8-10-26-11-9-16)24(31)20-12-18(13-27-20)23(30)21-15(2)32-28-22(21)17-4-6-19(25)7-5-17/h4-13,27H,3,14H2,1-2H3.